The van der Waals surface area contributed by atoms with Crippen molar-refractivity contribution in [2.45, 2.75) is 44.6 Å². The Balaban J connectivity index is 2.78. The van der Waals surface area contributed by atoms with Gasteiger partial charge in [0.15, 0.2) is 0 Å². The average molecular weight is 284 g/mol. The maximum absolute atomic E-state index is 11.6. The van der Waals surface area contributed by atoms with Crippen molar-refractivity contribution in [2.24, 2.45) is 5.92 Å². The number of sulfonamides is 1. The van der Waals surface area contributed by atoms with E-state index >= 15 is 0 Å². The molecular weight excluding hydrogens is 260 g/mol. The Labute approximate surface area is 116 Å². The smallest absolute Gasteiger partial charge is 0.240 e. The standard InChI is InChI=1S/C14H24N2O2S/c1-5-12(6-2)11(3)16-13-7-9-14(10-8-13)19(17,18)15-4/h7-12,15-16H,5-6H2,1-4H3. The molecular formula is C14H24N2O2S. The van der Waals surface area contributed by atoms with E-state index in [-0.39, 0.29) is 4.90 Å². The third kappa shape index (κ3) is 4.21. The van der Waals surface area contributed by atoms with E-state index in [9.17, 15) is 8.42 Å². The van der Waals surface area contributed by atoms with Gasteiger partial charge in [-0.3, -0.25) is 0 Å². The van der Waals surface area contributed by atoms with Gasteiger partial charge >= 0.3 is 0 Å². The Morgan fingerprint density at radius 2 is 1.63 bits per heavy atom. The molecule has 0 amide bonds. The third-order valence-corrected chi connectivity index (χ3v) is 5.01. The molecule has 108 valence electrons. The molecule has 1 unspecified atom stereocenters. The minimum absolute atomic E-state index is 0.288. The first-order chi connectivity index (χ1) is 8.94. The zero-order valence-corrected chi connectivity index (χ0v) is 12.9. The van der Waals surface area contributed by atoms with Gasteiger partial charge in [0.05, 0.1) is 4.90 Å². The van der Waals surface area contributed by atoms with Crippen molar-refractivity contribution in [1.82, 2.24) is 4.72 Å². The quantitative estimate of drug-likeness (QED) is 0.809. The first kappa shape index (κ1) is 16.0. The van der Waals surface area contributed by atoms with Crippen molar-refractivity contribution >= 4 is 15.7 Å². The molecule has 1 atom stereocenters. The van der Waals surface area contributed by atoms with Gasteiger partial charge in [0.1, 0.15) is 0 Å². The second-order valence-electron chi connectivity index (χ2n) is 4.74. The van der Waals surface area contributed by atoms with Crippen molar-refractivity contribution in [3.63, 3.8) is 0 Å². The lowest BCUT2D eigenvalue weighted by Gasteiger charge is -2.23. The molecule has 1 aromatic rings. The fraction of sp³-hybridized carbons (Fsp3) is 0.571. The molecule has 0 heterocycles. The van der Waals surface area contributed by atoms with Crippen LogP contribution in [-0.4, -0.2) is 21.5 Å². The monoisotopic (exact) mass is 284 g/mol. The fourth-order valence-electron chi connectivity index (χ4n) is 2.22. The predicted molar refractivity (Wildman–Crippen MR) is 79.8 cm³/mol. The Hall–Kier alpha value is -1.07. The summed E-state index contributed by atoms with van der Waals surface area (Å²) < 4.78 is 25.5. The lowest BCUT2D eigenvalue weighted by Crippen LogP contribution is -2.25. The summed E-state index contributed by atoms with van der Waals surface area (Å²) in [4.78, 5) is 0.288. The Morgan fingerprint density at radius 1 is 1.11 bits per heavy atom. The zero-order chi connectivity index (χ0) is 14.5. The summed E-state index contributed by atoms with van der Waals surface area (Å²) in [5.41, 5.74) is 0.953. The van der Waals surface area contributed by atoms with Crippen LogP contribution in [0.5, 0.6) is 0 Å². The van der Waals surface area contributed by atoms with Crippen LogP contribution in [0.25, 0.3) is 0 Å². The van der Waals surface area contributed by atoms with Crippen molar-refractivity contribution in [3.05, 3.63) is 24.3 Å². The summed E-state index contributed by atoms with van der Waals surface area (Å²) >= 11 is 0. The van der Waals surface area contributed by atoms with Gasteiger partial charge in [-0.1, -0.05) is 26.7 Å². The molecule has 5 heteroatoms. The number of hydrogen-bond donors (Lipinski definition) is 2. The van der Waals surface area contributed by atoms with Crippen molar-refractivity contribution in [2.75, 3.05) is 12.4 Å². The highest BCUT2D eigenvalue weighted by molar-refractivity contribution is 7.89. The summed E-state index contributed by atoms with van der Waals surface area (Å²) in [6.07, 6.45) is 2.27. The van der Waals surface area contributed by atoms with Gasteiger partial charge in [0.2, 0.25) is 10.0 Å². The van der Waals surface area contributed by atoms with E-state index in [0.29, 0.717) is 12.0 Å². The molecule has 0 aromatic heterocycles. The number of benzene rings is 1. The van der Waals surface area contributed by atoms with E-state index < -0.39 is 10.0 Å². The Bertz CT molecular complexity index is 479. The SMILES string of the molecule is CCC(CC)C(C)Nc1ccc(S(=O)(=O)NC)cc1. The maximum atomic E-state index is 11.6. The van der Waals surface area contributed by atoms with Crippen LogP contribution in [0.4, 0.5) is 5.69 Å². The Kier molecular flexibility index (Phi) is 5.82. The topological polar surface area (TPSA) is 58.2 Å². The fourth-order valence-corrected chi connectivity index (χ4v) is 2.95. The van der Waals surface area contributed by atoms with Crippen molar-refractivity contribution in [3.8, 4) is 0 Å². The van der Waals surface area contributed by atoms with Crippen LogP contribution in [-0.2, 0) is 10.0 Å². The molecule has 19 heavy (non-hydrogen) atoms. The maximum Gasteiger partial charge on any atom is 0.240 e. The molecule has 2 N–H and O–H groups in total. The first-order valence-corrected chi connectivity index (χ1v) is 8.23. The van der Waals surface area contributed by atoms with Gasteiger partial charge in [-0.15, -0.1) is 0 Å². The largest absolute Gasteiger partial charge is 0.382 e. The molecule has 1 rings (SSSR count). The summed E-state index contributed by atoms with van der Waals surface area (Å²) in [7, 11) is -1.93. The van der Waals surface area contributed by atoms with E-state index in [4.69, 9.17) is 0 Å². The molecule has 0 aliphatic carbocycles. The summed E-state index contributed by atoms with van der Waals surface area (Å²) in [6.45, 7) is 6.54. The molecule has 0 saturated heterocycles. The van der Waals surface area contributed by atoms with Crippen LogP contribution >= 0.6 is 0 Å². The molecule has 1 aromatic carbocycles. The van der Waals surface area contributed by atoms with Crippen LogP contribution < -0.4 is 10.0 Å². The van der Waals surface area contributed by atoms with E-state index in [0.717, 1.165) is 18.5 Å². The van der Waals surface area contributed by atoms with E-state index in [1.165, 1.54) is 7.05 Å². The second-order valence-corrected chi connectivity index (χ2v) is 6.63. The number of anilines is 1. The highest BCUT2D eigenvalue weighted by Gasteiger charge is 2.14. The van der Waals surface area contributed by atoms with Crippen LogP contribution in [0.2, 0.25) is 0 Å². The van der Waals surface area contributed by atoms with E-state index in [1.54, 1.807) is 12.1 Å². The van der Waals surface area contributed by atoms with Gasteiger partial charge in [-0.05, 0) is 44.2 Å². The van der Waals surface area contributed by atoms with Gasteiger partial charge in [0.25, 0.3) is 0 Å². The predicted octanol–water partition coefficient (Wildman–Crippen LogP) is 2.83. The lowest BCUT2D eigenvalue weighted by atomic mass is 9.95. The second kappa shape index (κ2) is 6.91. The minimum Gasteiger partial charge on any atom is -0.382 e. The number of hydrogen-bond acceptors (Lipinski definition) is 3. The lowest BCUT2D eigenvalue weighted by molar-refractivity contribution is 0.438. The first-order valence-electron chi connectivity index (χ1n) is 6.74. The molecule has 0 aliphatic heterocycles. The zero-order valence-electron chi connectivity index (χ0n) is 12.1. The number of nitrogens with one attached hydrogen (secondary N) is 2. The minimum atomic E-state index is -3.35. The molecule has 0 aliphatic rings. The highest BCUT2D eigenvalue weighted by atomic mass is 32.2. The Morgan fingerprint density at radius 3 is 2.05 bits per heavy atom. The molecule has 0 bridgehead atoms. The van der Waals surface area contributed by atoms with Gasteiger partial charge in [-0.2, -0.15) is 0 Å². The van der Waals surface area contributed by atoms with Crippen LogP contribution in [0.15, 0.2) is 29.2 Å². The molecule has 4 nitrogen and oxygen atoms in total. The van der Waals surface area contributed by atoms with E-state index in [2.05, 4.69) is 30.8 Å². The van der Waals surface area contributed by atoms with Gasteiger partial charge in [0, 0.05) is 11.7 Å². The van der Waals surface area contributed by atoms with E-state index in [1.807, 2.05) is 12.1 Å². The van der Waals surface area contributed by atoms with Crippen LogP contribution in [0.3, 0.4) is 0 Å². The van der Waals surface area contributed by atoms with Crippen molar-refractivity contribution in [1.29, 1.82) is 0 Å². The van der Waals surface area contributed by atoms with Crippen molar-refractivity contribution < 1.29 is 8.42 Å². The molecule has 0 saturated carbocycles. The van der Waals surface area contributed by atoms with Gasteiger partial charge in [-0.25, -0.2) is 13.1 Å². The van der Waals surface area contributed by atoms with Crippen LogP contribution in [0, 0.1) is 5.92 Å². The third-order valence-electron chi connectivity index (χ3n) is 3.58. The summed E-state index contributed by atoms with van der Waals surface area (Å²) in [6, 6.07) is 7.23. The number of rotatable bonds is 7. The summed E-state index contributed by atoms with van der Waals surface area (Å²) in [5.74, 6) is 0.626. The summed E-state index contributed by atoms with van der Waals surface area (Å²) in [5, 5.41) is 3.43. The highest BCUT2D eigenvalue weighted by Crippen LogP contribution is 2.19. The average Bonchev–Trinajstić information content (AvgIpc) is 2.40. The molecule has 0 spiro atoms. The van der Waals surface area contributed by atoms with Crippen LogP contribution in [0.1, 0.15) is 33.6 Å². The molecule has 0 fully saturated rings. The normalized spacial score (nSPS) is 13.5. The van der Waals surface area contributed by atoms with Gasteiger partial charge < -0.3 is 5.32 Å². The molecule has 0 radical (unpaired) electrons.